The Bertz CT molecular complexity index is 817. The zero-order valence-corrected chi connectivity index (χ0v) is 16.5. The van der Waals surface area contributed by atoms with Gasteiger partial charge in [0.15, 0.2) is 0 Å². The van der Waals surface area contributed by atoms with Gasteiger partial charge in [0.1, 0.15) is 17.5 Å². The van der Waals surface area contributed by atoms with E-state index >= 15 is 0 Å². The van der Waals surface area contributed by atoms with E-state index in [4.69, 9.17) is 4.74 Å². The molecule has 1 N–H and O–H groups in total. The van der Waals surface area contributed by atoms with E-state index in [1.165, 1.54) is 18.4 Å². The highest BCUT2D eigenvalue weighted by Crippen LogP contribution is 2.57. The maximum Gasteiger partial charge on any atom is 0.316 e. The summed E-state index contributed by atoms with van der Waals surface area (Å²) in [5, 5.41) is 10.2. The van der Waals surface area contributed by atoms with Crippen molar-refractivity contribution in [2.75, 3.05) is 19.7 Å². The number of piperidine rings is 1. The highest BCUT2D eigenvalue weighted by molar-refractivity contribution is 6.00. The summed E-state index contributed by atoms with van der Waals surface area (Å²) >= 11 is 0. The lowest BCUT2D eigenvalue weighted by atomic mass is 9.50. The number of hydrogen-bond donors (Lipinski definition) is 1. The Kier molecular flexibility index (Phi) is 4.27. The number of carbonyl (C=O) groups excluding carboxylic acids is 2. The standard InChI is InChI=1S/C23H29NO4/c1-2-28-22(27)17-11-19-20-9-15-5-6-16(25)10-18(15)23(19,12-21(17)26)7-8-24(20)13-14-3-4-14/h5-6,10,14,17,19-20,25H,2-4,7-9,11-13H2,1H3/t17-,19?,20?,23?/m0/s1. The molecule has 1 saturated heterocycles. The van der Waals surface area contributed by atoms with Crippen LogP contribution in [0, 0.1) is 17.8 Å². The first-order valence-corrected chi connectivity index (χ1v) is 10.8. The van der Waals surface area contributed by atoms with Gasteiger partial charge in [0.2, 0.25) is 0 Å². The molecule has 1 heterocycles. The van der Waals surface area contributed by atoms with E-state index in [9.17, 15) is 14.7 Å². The molecule has 1 aliphatic heterocycles. The van der Waals surface area contributed by atoms with Crippen molar-refractivity contribution in [1.29, 1.82) is 0 Å². The number of carbonyl (C=O) groups is 2. The first kappa shape index (κ1) is 18.2. The minimum Gasteiger partial charge on any atom is -0.508 e. The molecule has 5 heteroatoms. The maximum atomic E-state index is 13.0. The lowest BCUT2D eigenvalue weighted by Gasteiger charge is -2.59. The van der Waals surface area contributed by atoms with Gasteiger partial charge in [0.25, 0.3) is 0 Å². The molecule has 3 aliphatic carbocycles. The molecule has 0 aromatic heterocycles. The molecule has 2 saturated carbocycles. The molecule has 3 fully saturated rings. The van der Waals surface area contributed by atoms with Gasteiger partial charge < -0.3 is 9.84 Å². The molecule has 4 aliphatic rings. The van der Waals surface area contributed by atoms with Crippen LogP contribution in [0.2, 0.25) is 0 Å². The van der Waals surface area contributed by atoms with Crippen LogP contribution in [0.1, 0.15) is 50.2 Å². The Hall–Kier alpha value is -1.88. The summed E-state index contributed by atoms with van der Waals surface area (Å²) in [5.41, 5.74) is 2.18. The van der Waals surface area contributed by atoms with Crippen LogP contribution in [0.5, 0.6) is 5.75 Å². The van der Waals surface area contributed by atoms with Crippen LogP contribution in [0.15, 0.2) is 18.2 Å². The van der Waals surface area contributed by atoms with E-state index in [0.717, 1.165) is 37.4 Å². The van der Waals surface area contributed by atoms with Gasteiger partial charge in [-0.3, -0.25) is 14.5 Å². The van der Waals surface area contributed by atoms with Gasteiger partial charge >= 0.3 is 5.97 Å². The molecule has 2 bridgehead atoms. The number of ketones is 1. The number of hydrogen-bond acceptors (Lipinski definition) is 5. The van der Waals surface area contributed by atoms with E-state index in [0.29, 0.717) is 25.5 Å². The fourth-order valence-electron chi connectivity index (χ4n) is 6.20. The summed E-state index contributed by atoms with van der Waals surface area (Å²) in [6.45, 7) is 4.25. The van der Waals surface area contributed by atoms with Crippen molar-refractivity contribution < 1.29 is 19.4 Å². The highest BCUT2D eigenvalue weighted by atomic mass is 16.5. The summed E-state index contributed by atoms with van der Waals surface area (Å²) in [6.07, 6.45) is 5.50. The van der Waals surface area contributed by atoms with Crippen LogP contribution in [0.4, 0.5) is 0 Å². The normalized spacial score (nSPS) is 34.5. The average Bonchev–Trinajstić information content (AvgIpc) is 3.48. The quantitative estimate of drug-likeness (QED) is 0.640. The fourth-order valence-corrected chi connectivity index (χ4v) is 6.20. The number of ether oxygens (including phenoxy) is 1. The average molecular weight is 383 g/mol. The number of nitrogens with zero attached hydrogens (tertiary/aromatic N) is 1. The van der Waals surface area contributed by atoms with Gasteiger partial charge in [-0.2, -0.15) is 0 Å². The third-order valence-corrected chi connectivity index (χ3v) is 7.68. The Labute approximate surface area is 166 Å². The van der Waals surface area contributed by atoms with Crippen molar-refractivity contribution in [2.45, 2.75) is 56.9 Å². The molecule has 28 heavy (non-hydrogen) atoms. The van der Waals surface area contributed by atoms with Crippen LogP contribution >= 0.6 is 0 Å². The molecule has 150 valence electrons. The van der Waals surface area contributed by atoms with Crippen LogP contribution in [0.25, 0.3) is 0 Å². The van der Waals surface area contributed by atoms with E-state index in [1.807, 2.05) is 12.1 Å². The van der Waals surface area contributed by atoms with Gasteiger partial charge in [0.05, 0.1) is 6.61 Å². The topological polar surface area (TPSA) is 66.8 Å². The molecule has 3 unspecified atom stereocenters. The number of fused-ring (bicyclic) bond motifs is 1. The second kappa shape index (κ2) is 6.58. The van der Waals surface area contributed by atoms with Gasteiger partial charge in [-0.15, -0.1) is 0 Å². The van der Waals surface area contributed by atoms with Crippen molar-refractivity contribution in [3.05, 3.63) is 29.3 Å². The van der Waals surface area contributed by atoms with E-state index in [1.54, 1.807) is 13.0 Å². The lowest BCUT2D eigenvalue weighted by molar-refractivity contribution is -0.157. The summed E-state index contributed by atoms with van der Waals surface area (Å²) in [5.74, 6) is 0.392. The number of likely N-dealkylation sites (tertiary alicyclic amines) is 1. The highest BCUT2D eigenvalue weighted by Gasteiger charge is 2.59. The number of rotatable bonds is 4. The predicted molar refractivity (Wildman–Crippen MR) is 104 cm³/mol. The van der Waals surface area contributed by atoms with Crippen LogP contribution in [-0.2, 0) is 26.2 Å². The van der Waals surface area contributed by atoms with Crippen molar-refractivity contribution in [1.82, 2.24) is 4.90 Å². The zero-order chi connectivity index (χ0) is 19.5. The van der Waals surface area contributed by atoms with Crippen molar-refractivity contribution in [3.8, 4) is 5.75 Å². The van der Waals surface area contributed by atoms with E-state index in [2.05, 4.69) is 4.90 Å². The minimum absolute atomic E-state index is 0.0142. The fraction of sp³-hybridized carbons (Fsp3) is 0.652. The first-order chi connectivity index (χ1) is 13.5. The number of Topliss-reactive ketones (excluding diaryl/α,β-unsaturated/α-hetero) is 1. The number of esters is 1. The van der Waals surface area contributed by atoms with Gasteiger partial charge in [0, 0.05) is 24.4 Å². The summed E-state index contributed by atoms with van der Waals surface area (Å²) in [4.78, 5) is 28.2. The summed E-state index contributed by atoms with van der Waals surface area (Å²) in [6, 6.07) is 6.06. The first-order valence-electron chi connectivity index (χ1n) is 10.8. The number of phenolic OH excluding ortho intramolecular Hbond substituents is 1. The third kappa shape index (κ3) is 2.78. The second-order valence-corrected chi connectivity index (χ2v) is 9.25. The monoisotopic (exact) mass is 383 g/mol. The van der Waals surface area contributed by atoms with Crippen LogP contribution in [0.3, 0.4) is 0 Å². The number of aromatic hydroxyl groups is 1. The van der Waals surface area contributed by atoms with E-state index < -0.39 is 5.92 Å². The molecular formula is C23H29NO4. The molecule has 4 atom stereocenters. The Balaban J connectivity index is 1.55. The van der Waals surface area contributed by atoms with Crippen molar-refractivity contribution in [2.24, 2.45) is 17.8 Å². The van der Waals surface area contributed by atoms with E-state index in [-0.39, 0.29) is 28.8 Å². The number of phenols is 1. The zero-order valence-electron chi connectivity index (χ0n) is 16.5. The second-order valence-electron chi connectivity index (χ2n) is 9.25. The smallest absolute Gasteiger partial charge is 0.316 e. The molecule has 0 amide bonds. The molecule has 5 nitrogen and oxygen atoms in total. The minimum atomic E-state index is -0.625. The molecule has 1 aromatic rings. The largest absolute Gasteiger partial charge is 0.508 e. The van der Waals surface area contributed by atoms with Crippen molar-refractivity contribution in [3.63, 3.8) is 0 Å². The molecule has 0 spiro atoms. The van der Waals surface area contributed by atoms with Gasteiger partial charge in [-0.25, -0.2) is 0 Å². The third-order valence-electron chi connectivity index (χ3n) is 7.68. The molecular weight excluding hydrogens is 354 g/mol. The van der Waals surface area contributed by atoms with Crippen LogP contribution in [-0.4, -0.2) is 47.5 Å². The maximum absolute atomic E-state index is 13.0. The predicted octanol–water partition coefficient (Wildman–Crippen LogP) is 2.83. The summed E-state index contributed by atoms with van der Waals surface area (Å²) in [7, 11) is 0. The molecule has 0 radical (unpaired) electrons. The van der Waals surface area contributed by atoms with Gasteiger partial charge in [-0.1, -0.05) is 6.07 Å². The summed E-state index contributed by atoms with van der Waals surface area (Å²) < 4.78 is 5.23. The van der Waals surface area contributed by atoms with Gasteiger partial charge in [-0.05, 0) is 80.7 Å². The Morgan fingerprint density at radius 2 is 2.18 bits per heavy atom. The molecule has 5 rings (SSSR count). The number of benzene rings is 1. The van der Waals surface area contributed by atoms with Crippen molar-refractivity contribution >= 4 is 11.8 Å². The Morgan fingerprint density at radius 3 is 2.93 bits per heavy atom. The molecule has 1 aromatic carbocycles. The lowest BCUT2D eigenvalue weighted by Crippen LogP contribution is -2.63. The Morgan fingerprint density at radius 1 is 1.36 bits per heavy atom. The van der Waals surface area contributed by atoms with Crippen LogP contribution < -0.4 is 0 Å². The SMILES string of the molecule is CCOC(=O)[C@H]1CC2C3Cc4ccc(O)cc4C2(CCN3CC2CC2)CC1=O.